The number of aliphatic hydroxyl groups is 1. The Hall–Kier alpha value is -0.280. The van der Waals surface area contributed by atoms with Crippen LogP contribution in [-0.2, 0) is 9.53 Å². The fraction of sp³-hybridized carbons (Fsp3) is 0.875. The SMILES string of the molecule is CCCCO.CCOC(C)=O.Cl. The predicted octanol–water partition coefficient (Wildman–Crippen LogP) is 1.77. The average molecular weight is 199 g/mol. The zero-order chi connectivity index (χ0) is 9.11. The number of hydrogen-bond acceptors (Lipinski definition) is 3. The molecule has 0 fully saturated rings. The van der Waals surface area contributed by atoms with E-state index in [9.17, 15) is 4.79 Å². The highest BCUT2D eigenvalue weighted by Crippen LogP contribution is 1.78. The van der Waals surface area contributed by atoms with Crippen molar-refractivity contribution in [3.63, 3.8) is 0 Å². The molecule has 0 amide bonds. The van der Waals surface area contributed by atoms with Gasteiger partial charge < -0.3 is 9.84 Å². The highest BCUT2D eigenvalue weighted by molar-refractivity contribution is 5.85. The molecule has 0 spiro atoms. The number of halogens is 1. The van der Waals surface area contributed by atoms with E-state index in [1.807, 2.05) is 0 Å². The van der Waals surface area contributed by atoms with E-state index in [2.05, 4.69) is 11.7 Å². The largest absolute Gasteiger partial charge is 0.466 e. The van der Waals surface area contributed by atoms with E-state index < -0.39 is 0 Å². The van der Waals surface area contributed by atoms with E-state index >= 15 is 0 Å². The smallest absolute Gasteiger partial charge is 0.302 e. The molecular weight excluding hydrogens is 180 g/mol. The van der Waals surface area contributed by atoms with Gasteiger partial charge in [-0.1, -0.05) is 13.3 Å². The van der Waals surface area contributed by atoms with Gasteiger partial charge in [-0.2, -0.15) is 0 Å². The zero-order valence-corrected chi connectivity index (χ0v) is 8.82. The number of carbonyl (C=O) groups excluding carboxylic acids is 1. The van der Waals surface area contributed by atoms with Crippen LogP contribution in [-0.4, -0.2) is 24.3 Å². The van der Waals surface area contributed by atoms with E-state index in [1.54, 1.807) is 6.92 Å². The van der Waals surface area contributed by atoms with Crippen molar-refractivity contribution in [1.29, 1.82) is 0 Å². The first-order valence-electron chi connectivity index (χ1n) is 3.93. The Morgan fingerprint density at radius 3 is 1.92 bits per heavy atom. The molecule has 0 aromatic heterocycles. The van der Waals surface area contributed by atoms with Crippen molar-refractivity contribution in [3.05, 3.63) is 0 Å². The number of aliphatic hydroxyl groups excluding tert-OH is 1. The van der Waals surface area contributed by atoms with Crippen LogP contribution < -0.4 is 0 Å². The number of ether oxygens (including phenoxy) is 1. The van der Waals surface area contributed by atoms with Gasteiger partial charge in [0.15, 0.2) is 0 Å². The van der Waals surface area contributed by atoms with Crippen molar-refractivity contribution >= 4 is 18.4 Å². The Labute approximate surface area is 80.5 Å². The Balaban J connectivity index is -0.000000126. The lowest BCUT2D eigenvalue weighted by Crippen LogP contribution is -1.95. The maximum Gasteiger partial charge on any atom is 0.302 e. The molecule has 0 rings (SSSR count). The van der Waals surface area contributed by atoms with Crippen LogP contribution in [0.4, 0.5) is 0 Å². The van der Waals surface area contributed by atoms with E-state index in [-0.39, 0.29) is 18.4 Å². The Kier molecular flexibility index (Phi) is 25.1. The summed E-state index contributed by atoms with van der Waals surface area (Å²) in [6.45, 7) is 6.05. The van der Waals surface area contributed by atoms with Crippen molar-refractivity contribution in [3.8, 4) is 0 Å². The van der Waals surface area contributed by atoms with Gasteiger partial charge in [-0.3, -0.25) is 4.79 Å². The van der Waals surface area contributed by atoms with Gasteiger partial charge in [0.05, 0.1) is 6.61 Å². The second-order valence-corrected chi connectivity index (χ2v) is 2.00. The quantitative estimate of drug-likeness (QED) is 0.704. The summed E-state index contributed by atoms with van der Waals surface area (Å²) in [6.07, 6.45) is 2.04. The van der Waals surface area contributed by atoms with Crippen molar-refractivity contribution in [1.82, 2.24) is 0 Å². The minimum absolute atomic E-state index is 0. The number of carbonyl (C=O) groups is 1. The fourth-order valence-corrected chi connectivity index (χ4v) is 0.361. The Bertz CT molecular complexity index is 84.4. The molecule has 0 bridgehead atoms. The number of rotatable bonds is 3. The summed E-state index contributed by atoms with van der Waals surface area (Å²) in [5, 5.41) is 8.07. The normalized spacial score (nSPS) is 7.33. The highest BCUT2D eigenvalue weighted by atomic mass is 35.5. The van der Waals surface area contributed by atoms with Gasteiger partial charge in [0.2, 0.25) is 0 Å². The molecule has 0 atom stereocenters. The molecular formula is C8H19ClO3. The summed E-state index contributed by atoms with van der Waals surface area (Å²) in [5.74, 6) is -0.211. The second-order valence-electron chi connectivity index (χ2n) is 2.00. The summed E-state index contributed by atoms with van der Waals surface area (Å²) >= 11 is 0. The van der Waals surface area contributed by atoms with Gasteiger partial charge in [-0.25, -0.2) is 0 Å². The van der Waals surface area contributed by atoms with Crippen molar-refractivity contribution in [2.24, 2.45) is 0 Å². The molecule has 0 aliphatic carbocycles. The van der Waals surface area contributed by atoms with Crippen LogP contribution in [0.1, 0.15) is 33.6 Å². The molecule has 0 saturated heterocycles. The van der Waals surface area contributed by atoms with Crippen LogP contribution in [0, 0.1) is 0 Å². The van der Waals surface area contributed by atoms with E-state index in [4.69, 9.17) is 5.11 Å². The van der Waals surface area contributed by atoms with Crippen molar-refractivity contribution in [2.45, 2.75) is 33.6 Å². The molecule has 0 aromatic rings. The van der Waals surface area contributed by atoms with Gasteiger partial charge in [-0.15, -0.1) is 12.4 Å². The number of esters is 1. The van der Waals surface area contributed by atoms with E-state index in [0.29, 0.717) is 13.2 Å². The van der Waals surface area contributed by atoms with E-state index in [0.717, 1.165) is 12.8 Å². The molecule has 0 unspecified atom stereocenters. The summed E-state index contributed by atoms with van der Waals surface area (Å²) in [6, 6.07) is 0. The lowest BCUT2D eigenvalue weighted by Gasteiger charge is -1.89. The second kappa shape index (κ2) is 17.0. The third-order valence-corrected chi connectivity index (χ3v) is 0.859. The molecule has 0 aromatic carbocycles. The van der Waals surface area contributed by atoms with Crippen LogP contribution in [0.3, 0.4) is 0 Å². The van der Waals surface area contributed by atoms with Crippen LogP contribution in [0.5, 0.6) is 0 Å². The summed E-state index contributed by atoms with van der Waals surface area (Å²) in [4.78, 5) is 9.82. The third kappa shape index (κ3) is 33.2. The Morgan fingerprint density at radius 1 is 1.42 bits per heavy atom. The number of hydrogen-bond donors (Lipinski definition) is 1. The summed E-state index contributed by atoms with van der Waals surface area (Å²) < 4.78 is 4.40. The molecule has 12 heavy (non-hydrogen) atoms. The van der Waals surface area contributed by atoms with Crippen LogP contribution in [0.25, 0.3) is 0 Å². The molecule has 76 valence electrons. The minimum Gasteiger partial charge on any atom is -0.466 e. The molecule has 0 aliphatic rings. The standard InChI is InChI=1S/C4H8O2.C4H10O.ClH/c1-3-6-4(2)5;1-2-3-4-5;/h3H2,1-2H3;5H,2-4H2,1H3;1H. The molecule has 0 saturated carbocycles. The van der Waals surface area contributed by atoms with Gasteiger partial charge in [0.25, 0.3) is 0 Å². The maximum atomic E-state index is 9.82. The van der Waals surface area contributed by atoms with Crippen LogP contribution >= 0.6 is 12.4 Å². The first kappa shape index (κ1) is 17.7. The van der Waals surface area contributed by atoms with Crippen molar-refractivity contribution < 1.29 is 14.6 Å². The monoisotopic (exact) mass is 198 g/mol. The first-order valence-corrected chi connectivity index (χ1v) is 3.93. The lowest BCUT2D eigenvalue weighted by molar-refractivity contribution is -0.140. The summed E-state index contributed by atoms with van der Waals surface area (Å²) in [7, 11) is 0. The van der Waals surface area contributed by atoms with Gasteiger partial charge in [-0.05, 0) is 13.3 Å². The lowest BCUT2D eigenvalue weighted by atomic mass is 10.4. The molecule has 4 heteroatoms. The topological polar surface area (TPSA) is 46.5 Å². The van der Waals surface area contributed by atoms with Crippen molar-refractivity contribution in [2.75, 3.05) is 13.2 Å². The molecule has 3 nitrogen and oxygen atoms in total. The molecule has 1 N–H and O–H groups in total. The average Bonchev–Trinajstić information content (AvgIpc) is 1.90. The zero-order valence-electron chi connectivity index (χ0n) is 8.00. The van der Waals surface area contributed by atoms with Crippen LogP contribution in [0.15, 0.2) is 0 Å². The molecule has 0 heterocycles. The number of unbranched alkanes of at least 4 members (excludes halogenated alkanes) is 1. The van der Waals surface area contributed by atoms with Gasteiger partial charge in [0.1, 0.15) is 0 Å². The highest BCUT2D eigenvalue weighted by Gasteiger charge is 1.81. The van der Waals surface area contributed by atoms with E-state index in [1.165, 1.54) is 6.92 Å². The van der Waals surface area contributed by atoms with Crippen LogP contribution in [0.2, 0.25) is 0 Å². The molecule has 0 radical (unpaired) electrons. The fourth-order valence-electron chi connectivity index (χ4n) is 0.361. The van der Waals surface area contributed by atoms with Gasteiger partial charge >= 0.3 is 5.97 Å². The Morgan fingerprint density at radius 2 is 1.92 bits per heavy atom. The molecule has 0 aliphatic heterocycles. The predicted molar refractivity (Wildman–Crippen MR) is 51.5 cm³/mol. The third-order valence-electron chi connectivity index (χ3n) is 0.859. The summed E-state index contributed by atoms with van der Waals surface area (Å²) in [5.41, 5.74) is 0. The maximum absolute atomic E-state index is 9.82. The first-order chi connectivity index (χ1) is 5.18. The van der Waals surface area contributed by atoms with Gasteiger partial charge in [0, 0.05) is 13.5 Å². The minimum atomic E-state index is -0.211.